The number of likely N-dealkylation sites (tertiary alicyclic amines) is 1. The van der Waals surface area contributed by atoms with E-state index in [1.165, 1.54) is 25.9 Å². The summed E-state index contributed by atoms with van der Waals surface area (Å²) in [6.07, 6.45) is 3.56. The lowest BCUT2D eigenvalue weighted by molar-refractivity contribution is -0.886. The van der Waals surface area contributed by atoms with Gasteiger partial charge in [0.15, 0.2) is 0 Å². The molecule has 0 aliphatic carbocycles. The molecule has 136 valence electrons. The van der Waals surface area contributed by atoms with Crippen LogP contribution in [0, 0.1) is 0 Å². The lowest BCUT2D eigenvalue weighted by atomic mass is 10.0. The standard InChI is InChI=1S/C16H24N2O4S.ClH/c1-13(16(19)17-9-12-18-10-3-4-11-18)14-5-7-15(8-6-14)22-23(2,20)21;/h5-8,13H,3-4,9-12H2,1-2H3,(H,17,19);1H/t13-;/m1./s1. The lowest BCUT2D eigenvalue weighted by Gasteiger charge is -2.15. The van der Waals surface area contributed by atoms with Gasteiger partial charge >= 0.3 is 10.1 Å². The van der Waals surface area contributed by atoms with Gasteiger partial charge in [0.25, 0.3) is 0 Å². The van der Waals surface area contributed by atoms with Crippen LogP contribution in [0.25, 0.3) is 0 Å². The summed E-state index contributed by atoms with van der Waals surface area (Å²) in [5, 5.41) is 2.97. The van der Waals surface area contributed by atoms with Crippen LogP contribution in [0.4, 0.5) is 0 Å². The zero-order chi connectivity index (χ0) is 16.9. The van der Waals surface area contributed by atoms with Crippen LogP contribution in [-0.2, 0) is 14.9 Å². The molecule has 2 rings (SSSR count). The first kappa shape index (κ1) is 20.7. The second kappa shape index (κ2) is 9.25. The van der Waals surface area contributed by atoms with Crippen LogP contribution in [0.1, 0.15) is 31.2 Å². The summed E-state index contributed by atoms with van der Waals surface area (Å²) >= 11 is 0. The summed E-state index contributed by atoms with van der Waals surface area (Å²) in [6, 6.07) is 6.57. The highest BCUT2D eigenvalue weighted by Crippen LogP contribution is 2.20. The highest BCUT2D eigenvalue weighted by molar-refractivity contribution is 7.86. The summed E-state index contributed by atoms with van der Waals surface area (Å²) in [5.74, 6) is -0.0438. The van der Waals surface area contributed by atoms with Gasteiger partial charge in [-0.3, -0.25) is 4.79 Å². The Morgan fingerprint density at radius 1 is 1.25 bits per heavy atom. The molecule has 1 aromatic rings. The van der Waals surface area contributed by atoms with Crippen molar-refractivity contribution >= 4 is 16.0 Å². The normalized spacial score (nSPS) is 16.2. The van der Waals surface area contributed by atoms with Gasteiger partial charge in [-0.05, 0) is 24.6 Å². The molecule has 1 atom stereocenters. The molecule has 1 amide bonds. The molecule has 8 heteroatoms. The molecule has 0 spiro atoms. The molecule has 1 aliphatic heterocycles. The predicted octanol–water partition coefficient (Wildman–Crippen LogP) is -3.07. The first-order chi connectivity index (χ1) is 10.8. The quantitative estimate of drug-likeness (QED) is 0.495. The average Bonchev–Trinajstić information content (AvgIpc) is 2.99. The summed E-state index contributed by atoms with van der Waals surface area (Å²) in [7, 11) is -3.53. The van der Waals surface area contributed by atoms with Crippen molar-refractivity contribution < 1.29 is 34.7 Å². The number of rotatable bonds is 7. The zero-order valence-corrected chi connectivity index (χ0v) is 15.6. The summed E-state index contributed by atoms with van der Waals surface area (Å²) in [4.78, 5) is 13.7. The molecule has 6 nitrogen and oxygen atoms in total. The van der Waals surface area contributed by atoms with E-state index in [4.69, 9.17) is 4.18 Å². The number of hydrogen-bond acceptors (Lipinski definition) is 4. The minimum Gasteiger partial charge on any atom is -1.00 e. The van der Waals surface area contributed by atoms with Crippen LogP contribution in [-0.4, -0.2) is 46.8 Å². The van der Waals surface area contributed by atoms with Gasteiger partial charge in [-0.25, -0.2) is 0 Å². The fourth-order valence-corrected chi connectivity index (χ4v) is 3.24. The third-order valence-electron chi connectivity index (χ3n) is 4.11. The number of carbonyl (C=O) groups excluding carboxylic acids is 1. The van der Waals surface area contributed by atoms with E-state index in [9.17, 15) is 13.2 Å². The van der Waals surface area contributed by atoms with Gasteiger partial charge in [0.05, 0.1) is 38.4 Å². The van der Waals surface area contributed by atoms with Gasteiger partial charge in [0, 0.05) is 12.8 Å². The van der Waals surface area contributed by atoms with Crippen molar-refractivity contribution in [1.82, 2.24) is 5.32 Å². The molecule has 1 aromatic carbocycles. The molecule has 1 aliphatic rings. The van der Waals surface area contributed by atoms with E-state index in [1.807, 2.05) is 6.92 Å². The van der Waals surface area contributed by atoms with Crippen LogP contribution in [0.2, 0.25) is 0 Å². The van der Waals surface area contributed by atoms with E-state index in [1.54, 1.807) is 29.2 Å². The monoisotopic (exact) mass is 376 g/mol. The highest BCUT2D eigenvalue weighted by Gasteiger charge is 2.18. The molecule has 0 aromatic heterocycles. The summed E-state index contributed by atoms with van der Waals surface area (Å²) in [6.45, 7) is 5.90. The molecular weight excluding hydrogens is 352 g/mol. The van der Waals surface area contributed by atoms with Gasteiger partial charge in [0.1, 0.15) is 5.75 Å². The van der Waals surface area contributed by atoms with E-state index in [-0.39, 0.29) is 30.0 Å². The van der Waals surface area contributed by atoms with E-state index < -0.39 is 10.1 Å². The Hall–Kier alpha value is -1.31. The van der Waals surface area contributed by atoms with Gasteiger partial charge in [-0.1, -0.05) is 12.1 Å². The third-order valence-corrected chi connectivity index (χ3v) is 4.60. The van der Waals surface area contributed by atoms with Gasteiger partial charge in [-0.15, -0.1) is 0 Å². The van der Waals surface area contributed by atoms with Gasteiger partial charge < -0.3 is 26.8 Å². The minimum absolute atomic E-state index is 0. The van der Waals surface area contributed by atoms with Crippen molar-refractivity contribution in [1.29, 1.82) is 0 Å². The fraction of sp³-hybridized carbons (Fsp3) is 0.562. The average molecular weight is 377 g/mol. The Balaban J connectivity index is 0.00000288. The second-order valence-corrected chi connectivity index (χ2v) is 7.65. The first-order valence-corrected chi connectivity index (χ1v) is 9.77. The third kappa shape index (κ3) is 6.67. The largest absolute Gasteiger partial charge is 1.00 e. The second-order valence-electron chi connectivity index (χ2n) is 6.08. The Labute approximate surface area is 150 Å². The van der Waals surface area contributed by atoms with Crippen molar-refractivity contribution in [2.45, 2.75) is 25.7 Å². The van der Waals surface area contributed by atoms with Crippen molar-refractivity contribution in [3.63, 3.8) is 0 Å². The SMILES string of the molecule is C[C@@H](C(=O)NCC[NH+]1CCCC1)c1ccc(OS(C)(=O)=O)cc1.[Cl-]. The number of carbonyl (C=O) groups is 1. The smallest absolute Gasteiger partial charge is 0.306 e. The molecule has 1 fully saturated rings. The number of quaternary nitrogens is 1. The van der Waals surface area contributed by atoms with E-state index in [2.05, 4.69) is 5.32 Å². The number of amides is 1. The molecule has 0 radical (unpaired) electrons. The summed E-state index contributed by atoms with van der Waals surface area (Å²) in [5.41, 5.74) is 0.830. The number of halogens is 1. The van der Waals surface area contributed by atoms with Crippen LogP contribution in [0.15, 0.2) is 24.3 Å². The molecule has 0 bridgehead atoms. The molecule has 0 saturated carbocycles. The maximum Gasteiger partial charge on any atom is 0.306 e. The van der Waals surface area contributed by atoms with Crippen molar-refractivity contribution in [2.75, 3.05) is 32.4 Å². The van der Waals surface area contributed by atoms with E-state index in [0.717, 1.165) is 18.4 Å². The minimum atomic E-state index is -3.53. The van der Waals surface area contributed by atoms with Crippen LogP contribution in [0.5, 0.6) is 5.75 Å². The molecule has 24 heavy (non-hydrogen) atoms. The molecule has 1 heterocycles. The van der Waals surface area contributed by atoms with Crippen molar-refractivity contribution in [3.05, 3.63) is 29.8 Å². The van der Waals surface area contributed by atoms with Crippen molar-refractivity contribution in [2.24, 2.45) is 0 Å². The van der Waals surface area contributed by atoms with Gasteiger partial charge in [-0.2, -0.15) is 8.42 Å². The van der Waals surface area contributed by atoms with Gasteiger partial charge in [0.2, 0.25) is 5.91 Å². The zero-order valence-electron chi connectivity index (χ0n) is 14.0. The van der Waals surface area contributed by atoms with Crippen LogP contribution in [0.3, 0.4) is 0 Å². The first-order valence-electron chi connectivity index (χ1n) is 7.96. The Morgan fingerprint density at radius 3 is 2.38 bits per heavy atom. The topological polar surface area (TPSA) is 76.9 Å². The maximum atomic E-state index is 12.2. The molecule has 1 saturated heterocycles. The maximum absolute atomic E-state index is 12.2. The fourth-order valence-electron chi connectivity index (χ4n) is 2.78. The number of nitrogens with one attached hydrogen (secondary N) is 2. The highest BCUT2D eigenvalue weighted by atomic mass is 35.5. The van der Waals surface area contributed by atoms with E-state index in [0.29, 0.717) is 6.54 Å². The molecular formula is C16H25ClN2O4S. The Bertz CT molecular complexity index is 628. The predicted molar refractivity (Wildman–Crippen MR) is 88.1 cm³/mol. The molecule has 0 unspecified atom stereocenters. The lowest BCUT2D eigenvalue weighted by Crippen LogP contribution is -3.10. The Kier molecular flexibility index (Phi) is 7.99. The Morgan fingerprint density at radius 2 is 1.83 bits per heavy atom. The van der Waals surface area contributed by atoms with Crippen molar-refractivity contribution in [3.8, 4) is 5.75 Å². The number of hydrogen-bond donors (Lipinski definition) is 2. The van der Waals surface area contributed by atoms with Crippen LogP contribution >= 0.6 is 0 Å². The number of benzene rings is 1. The summed E-state index contributed by atoms with van der Waals surface area (Å²) < 4.78 is 26.9. The molecule has 2 N–H and O–H groups in total. The van der Waals surface area contributed by atoms with Crippen LogP contribution < -0.4 is 26.8 Å². The van der Waals surface area contributed by atoms with E-state index >= 15 is 0 Å².